The van der Waals surface area contributed by atoms with Gasteiger partial charge in [-0.3, -0.25) is 0 Å². The first-order chi connectivity index (χ1) is 7.81. The minimum atomic E-state index is 0.148. The highest BCUT2D eigenvalue weighted by Crippen LogP contribution is 2.23. The molecule has 2 aromatic rings. The van der Waals surface area contributed by atoms with Gasteiger partial charge in [0.25, 0.3) is 0 Å². The Morgan fingerprint density at radius 1 is 1.31 bits per heavy atom. The molecule has 0 bridgehead atoms. The topological polar surface area (TPSA) is 25.2 Å². The van der Waals surface area contributed by atoms with Gasteiger partial charge in [0.1, 0.15) is 5.76 Å². The van der Waals surface area contributed by atoms with Gasteiger partial charge >= 0.3 is 0 Å². The number of rotatable bonds is 4. The summed E-state index contributed by atoms with van der Waals surface area (Å²) in [6, 6.07) is 12.5. The minimum Gasteiger partial charge on any atom is -0.467 e. The highest BCUT2D eigenvalue weighted by Gasteiger charge is 2.15. The van der Waals surface area contributed by atoms with Gasteiger partial charge < -0.3 is 9.73 Å². The van der Waals surface area contributed by atoms with Crippen molar-refractivity contribution in [1.29, 1.82) is 0 Å². The van der Waals surface area contributed by atoms with E-state index in [1.165, 1.54) is 9.13 Å². The smallest absolute Gasteiger partial charge is 0.125 e. The third-order valence-electron chi connectivity index (χ3n) is 2.42. The minimum absolute atomic E-state index is 0.148. The number of furan rings is 1. The fraction of sp³-hybridized carbons (Fsp3) is 0.231. The molecule has 2 nitrogen and oxygen atoms in total. The van der Waals surface area contributed by atoms with Gasteiger partial charge in [-0.15, -0.1) is 0 Å². The van der Waals surface area contributed by atoms with Crippen molar-refractivity contribution >= 4 is 22.6 Å². The lowest BCUT2D eigenvalue weighted by atomic mass is 10.0. The maximum Gasteiger partial charge on any atom is 0.125 e. The first-order valence-corrected chi connectivity index (χ1v) is 6.41. The molecular weight excluding hydrogens is 313 g/mol. The van der Waals surface area contributed by atoms with E-state index in [0.717, 1.165) is 12.3 Å². The predicted molar refractivity (Wildman–Crippen MR) is 73.4 cm³/mol. The summed E-state index contributed by atoms with van der Waals surface area (Å²) in [5.41, 5.74) is 1.24. The zero-order chi connectivity index (χ0) is 11.4. The van der Waals surface area contributed by atoms with Gasteiger partial charge in [-0.2, -0.15) is 0 Å². The number of hydrogen-bond acceptors (Lipinski definition) is 2. The average Bonchev–Trinajstić information content (AvgIpc) is 2.79. The zero-order valence-corrected chi connectivity index (χ0v) is 11.3. The van der Waals surface area contributed by atoms with Crippen molar-refractivity contribution in [3.05, 3.63) is 57.6 Å². The van der Waals surface area contributed by atoms with Crippen molar-refractivity contribution in [2.75, 3.05) is 6.54 Å². The Balaban J connectivity index is 2.33. The molecule has 2 rings (SSSR count). The molecule has 0 spiro atoms. The SMILES string of the molecule is CCNC(c1cccc(I)c1)c1ccco1. The van der Waals surface area contributed by atoms with Crippen LogP contribution in [0.1, 0.15) is 24.3 Å². The predicted octanol–water partition coefficient (Wildman–Crippen LogP) is 3.58. The van der Waals surface area contributed by atoms with E-state index < -0.39 is 0 Å². The van der Waals surface area contributed by atoms with Crippen LogP contribution < -0.4 is 5.32 Å². The Morgan fingerprint density at radius 2 is 2.19 bits per heavy atom. The summed E-state index contributed by atoms with van der Waals surface area (Å²) in [6.07, 6.45) is 1.72. The van der Waals surface area contributed by atoms with E-state index in [4.69, 9.17) is 4.42 Å². The Hall–Kier alpha value is -0.810. The average molecular weight is 327 g/mol. The molecule has 0 saturated heterocycles. The van der Waals surface area contributed by atoms with E-state index in [-0.39, 0.29) is 6.04 Å². The molecule has 84 valence electrons. The summed E-state index contributed by atoms with van der Waals surface area (Å²) in [5.74, 6) is 0.962. The van der Waals surface area contributed by atoms with Crippen LogP contribution in [0.2, 0.25) is 0 Å². The van der Waals surface area contributed by atoms with Gasteiger partial charge in [-0.25, -0.2) is 0 Å². The van der Waals surface area contributed by atoms with Gasteiger partial charge in [-0.05, 0) is 59.0 Å². The molecule has 0 aliphatic carbocycles. The Labute approximate surface area is 109 Å². The molecule has 1 N–H and O–H groups in total. The molecule has 1 heterocycles. The Bertz CT molecular complexity index is 439. The van der Waals surface area contributed by atoms with Crippen LogP contribution in [0.25, 0.3) is 0 Å². The van der Waals surface area contributed by atoms with Crippen LogP contribution >= 0.6 is 22.6 Å². The molecule has 16 heavy (non-hydrogen) atoms. The van der Waals surface area contributed by atoms with E-state index in [0.29, 0.717) is 0 Å². The van der Waals surface area contributed by atoms with Crippen molar-refractivity contribution < 1.29 is 4.42 Å². The fourth-order valence-electron chi connectivity index (χ4n) is 1.73. The first kappa shape index (κ1) is 11.7. The maximum absolute atomic E-state index is 5.48. The second-order valence-electron chi connectivity index (χ2n) is 3.56. The molecule has 0 aliphatic rings. The lowest BCUT2D eigenvalue weighted by Crippen LogP contribution is -2.21. The molecule has 3 heteroatoms. The third-order valence-corrected chi connectivity index (χ3v) is 3.09. The summed E-state index contributed by atoms with van der Waals surface area (Å²) >= 11 is 2.33. The van der Waals surface area contributed by atoms with Gasteiger partial charge in [0.2, 0.25) is 0 Å². The normalized spacial score (nSPS) is 12.6. The molecule has 0 aliphatic heterocycles. The van der Waals surface area contributed by atoms with Crippen LogP contribution in [0.3, 0.4) is 0 Å². The van der Waals surface area contributed by atoms with Crippen LogP contribution in [0.15, 0.2) is 47.1 Å². The molecule has 1 unspecified atom stereocenters. The molecule has 0 fully saturated rings. The summed E-state index contributed by atoms with van der Waals surface area (Å²) in [6.45, 7) is 3.01. The second kappa shape index (κ2) is 5.50. The lowest BCUT2D eigenvalue weighted by Gasteiger charge is -2.16. The van der Waals surface area contributed by atoms with Crippen LogP contribution in [0.5, 0.6) is 0 Å². The fourth-order valence-corrected chi connectivity index (χ4v) is 2.30. The van der Waals surface area contributed by atoms with Crippen molar-refractivity contribution in [2.24, 2.45) is 0 Å². The molecule has 1 atom stereocenters. The van der Waals surface area contributed by atoms with E-state index in [1.807, 2.05) is 12.1 Å². The zero-order valence-electron chi connectivity index (χ0n) is 9.11. The van der Waals surface area contributed by atoms with E-state index in [1.54, 1.807) is 6.26 Å². The summed E-state index contributed by atoms with van der Waals surface area (Å²) in [5, 5.41) is 3.43. The highest BCUT2D eigenvalue weighted by molar-refractivity contribution is 14.1. The largest absolute Gasteiger partial charge is 0.467 e. The van der Waals surface area contributed by atoms with E-state index >= 15 is 0 Å². The summed E-state index contributed by atoms with van der Waals surface area (Å²) < 4.78 is 6.72. The summed E-state index contributed by atoms with van der Waals surface area (Å²) in [7, 11) is 0. The van der Waals surface area contributed by atoms with Gasteiger partial charge in [-0.1, -0.05) is 19.1 Å². The van der Waals surface area contributed by atoms with Crippen molar-refractivity contribution in [1.82, 2.24) is 5.32 Å². The monoisotopic (exact) mass is 327 g/mol. The quantitative estimate of drug-likeness (QED) is 0.869. The molecule has 0 saturated carbocycles. The van der Waals surface area contributed by atoms with Crippen molar-refractivity contribution in [3.63, 3.8) is 0 Å². The van der Waals surface area contributed by atoms with Crippen LogP contribution in [-0.2, 0) is 0 Å². The standard InChI is InChI=1S/C13H14INO/c1-2-15-13(12-7-4-8-16-12)10-5-3-6-11(14)9-10/h3-9,13,15H,2H2,1H3. The molecule has 1 aromatic heterocycles. The summed E-state index contributed by atoms with van der Waals surface area (Å²) in [4.78, 5) is 0. The van der Waals surface area contributed by atoms with Crippen LogP contribution in [0, 0.1) is 3.57 Å². The maximum atomic E-state index is 5.48. The first-order valence-electron chi connectivity index (χ1n) is 5.33. The highest BCUT2D eigenvalue weighted by atomic mass is 127. The van der Waals surface area contributed by atoms with E-state index in [9.17, 15) is 0 Å². The number of nitrogens with one attached hydrogen (secondary N) is 1. The van der Waals surface area contributed by atoms with Crippen LogP contribution in [0.4, 0.5) is 0 Å². The van der Waals surface area contributed by atoms with Gasteiger partial charge in [0, 0.05) is 3.57 Å². The van der Waals surface area contributed by atoms with Gasteiger partial charge in [0.05, 0.1) is 12.3 Å². The Kier molecular flexibility index (Phi) is 4.01. The molecule has 0 amide bonds. The molecule has 1 aromatic carbocycles. The second-order valence-corrected chi connectivity index (χ2v) is 4.81. The lowest BCUT2D eigenvalue weighted by molar-refractivity contribution is 0.452. The van der Waals surface area contributed by atoms with Crippen LogP contribution in [-0.4, -0.2) is 6.54 Å². The van der Waals surface area contributed by atoms with Crippen molar-refractivity contribution in [2.45, 2.75) is 13.0 Å². The van der Waals surface area contributed by atoms with Crippen molar-refractivity contribution in [3.8, 4) is 0 Å². The number of halogens is 1. The number of benzene rings is 1. The Morgan fingerprint density at radius 3 is 2.81 bits per heavy atom. The van der Waals surface area contributed by atoms with Gasteiger partial charge in [0.15, 0.2) is 0 Å². The third kappa shape index (κ3) is 2.65. The van der Waals surface area contributed by atoms with E-state index in [2.05, 4.69) is 59.1 Å². The molecular formula is C13H14INO. The molecule has 0 radical (unpaired) electrons. The number of hydrogen-bond donors (Lipinski definition) is 1.